The molecule has 4 heterocycles. The van der Waals surface area contributed by atoms with E-state index < -0.39 is 0 Å². The molecule has 2 aliphatic heterocycles. The van der Waals surface area contributed by atoms with E-state index in [9.17, 15) is 4.79 Å². The predicted molar refractivity (Wildman–Crippen MR) is 166 cm³/mol. The van der Waals surface area contributed by atoms with Gasteiger partial charge in [-0.1, -0.05) is 13.0 Å². The van der Waals surface area contributed by atoms with Crippen LogP contribution in [-0.2, 0) is 16.1 Å². The van der Waals surface area contributed by atoms with Gasteiger partial charge in [-0.15, -0.1) is 0 Å². The Bertz CT molecular complexity index is 1370. The van der Waals surface area contributed by atoms with E-state index in [4.69, 9.17) is 26.7 Å². The molecule has 1 amide bonds. The Labute approximate surface area is 247 Å². The Morgan fingerprint density at radius 2 is 1.98 bits per heavy atom. The Balaban J connectivity index is 1.49. The number of anilines is 2. The van der Waals surface area contributed by atoms with Gasteiger partial charge < -0.3 is 29.6 Å². The molecule has 218 valence electrons. The van der Waals surface area contributed by atoms with E-state index in [1.807, 2.05) is 49.5 Å². The Morgan fingerprint density at radius 1 is 1.17 bits per heavy atom. The molecule has 2 saturated heterocycles. The Morgan fingerprint density at radius 3 is 2.68 bits per heavy atom. The average molecular weight is 577 g/mol. The monoisotopic (exact) mass is 576 g/mol. The molecule has 2 atom stereocenters. The fraction of sp³-hybridized carbons (Fsp3) is 0.452. The van der Waals surface area contributed by atoms with Crippen molar-refractivity contribution in [3.63, 3.8) is 0 Å². The lowest BCUT2D eigenvalue weighted by Gasteiger charge is -2.29. The molecule has 5 rings (SSSR count). The summed E-state index contributed by atoms with van der Waals surface area (Å²) >= 11 is 5.96. The third-order valence-corrected chi connectivity index (χ3v) is 8.36. The molecule has 1 aromatic carbocycles. The van der Waals surface area contributed by atoms with E-state index in [-0.39, 0.29) is 18.0 Å². The van der Waals surface area contributed by atoms with Crippen LogP contribution in [0.25, 0.3) is 0 Å². The second-order valence-corrected chi connectivity index (χ2v) is 11.0. The molecule has 9 nitrogen and oxygen atoms in total. The van der Waals surface area contributed by atoms with Crippen LogP contribution in [-0.4, -0.2) is 65.4 Å². The standard InChI is InChI=1S/C31H40N6O3S/c1-5-28(38)33-25-11-10-23(20-27(25)39-4)37-30(29(34-31(37)41)26-9-6-7-12-32-26)24-19-21(2)36(22(24)3)14-8-13-35-15-17-40-18-16-35/h6-7,9-12,19-20,29-30H,5,8,13-18H2,1-4H3,(H,33,38)(H,34,41)/t29-,30+/m1/s1. The largest absolute Gasteiger partial charge is 0.494 e. The van der Waals surface area contributed by atoms with E-state index in [0.29, 0.717) is 23.0 Å². The fourth-order valence-electron chi connectivity index (χ4n) is 5.87. The molecule has 0 aliphatic carbocycles. The SMILES string of the molecule is CCC(=O)Nc1ccc(N2C(=S)N[C@H](c3ccccn3)[C@@H]2c2cc(C)n(CCCN3CCOCC3)c2C)cc1OC. The maximum atomic E-state index is 12.1. The molecule has 10 heteroatoms. The Hall–Kier alpha value is -3.47. The number of rotatable bonds is 10. The average Bonchev–Trinajstić information content (AvgIpc) is 3.49. The van der Waals surface area contributed by atoms with Crippen molar-refractivity contribution >= 4 is 34.6 Å². The van der Waals surface area contributed by atoms with Gasteiger partial charge >= 0.3 is 0 Å². The highest BCUT2D eigenvalue weighted by Crippen LogP contribution is 2.44. The highest BCUT2D eigenvalue weighted by molar-refractivity contribution is 7.80. The number of carbonyl (C=O) groups excluding carboxylic acids is 1. The minimum atomic E-state index is -0.142. The molecule has 2 N–H and O–H groups in total. The molecule has 2 aliphatic rings. The zero-order chi connectivity index (χ0) is 28.9. The third-order valence-electron chi connectivity index (χ3n) is 8.05. The van der Waals surface area contributed by atoms with Crippen LogP contribution in [0.2, 0.25) is 0 Å². The summed E-state index contributed by atoms with van der Waals surface area (Å²) in [6.45, 7) is 11.9. The number of benzene rings is 1. The van der Waals surface area contributed by atoms with Crippen LogP contribution >= 0.6 is 12.2 Å². The maximum absolute atomic E-state index is 12.1. The van der Waals surface area contributed by atoms with Gasteiger partial charge in [0.15, 0.2) is 5.11 Å². The lowest BCUT2D eigenvalue weighted by Crippen LogP contribution is -2.37. The van der Waals surface area contributed by atoms with Crippen molar-refractivity contribution in [1.29, 1.82) is 0 Å². The fourth-order valence-corrected chi connectivity index (χ4v) is 6.22. The molecular weight excluding hydrogens is 536 g/mol. The second-order valence-electron chi connectivity index (χ2n) is 10.6. The number of hydrogen-bond donors (Lipinski definition) is 2. The number of nitrogens with one attached hydrogen (secondary N) is 2. The topological polar surface area (TPSA) is 83.9 Å². The van der Waals surface area contributed by atoms with Crippen molar-refractivity contribution in [3.05, 3.63) is 71.3 Å². The molecule has 0 spiro atoms. The lowest BCUT2D eigenvalue weighted by molar-refractivity contribution is -0.115. The number of hydrogen-bond acceptors (Lipinski definition) is 6. The van der Waals surface area contributed by atoms with Crippen LogP contribution < -0.4 is 20.3 Å². The van der Waals surface area contributed by atoms with Gasteiger partial charge in [-0.25, -0.2) is 0 Å². The van der Waals surface area contributed by atoms with Crippen molar-refractivity contribution < 1.29 is 14.3 Å². The quantitative estimate of drug-likeness (QED) is 0.335. The second kappa shape index (κ2) is 13.0. The number of pyridine rings is 1. The van der Waals surface area contributed by atoms with E-state index in [2.05, 4.69) is 44.9 Å². The van der Waals surface area contributed by atoms with Crippen LogP contribution in [0.1, 0.15) is 54.5 Å². The van der Waals surface area contributed by atoms with Gasteiger partial charge in [0, 0.05) is 61.9 Å². The number of methoxy groups -OCH3 is 1. The Kier molecular flexibility index (Phi) is 9.22. The summed E-state index contributed by atoms with van der Waals surface area (Å²) in [6.07, 6.45) is 3.29. The van der Waals surface area contributed by atoms with Crippen LogP contribution in [0.5, 0.6) is 5.75 Å². The van der Waals surface area contributed by atoms with Crippen LogP contribution in [0.15, 0.2) is 48.7 Å². The summed E-state index contributed by atoms with van der Waals surface area (Å²) in [5, 5.41) is 7.11. The van der Waals surface area contributed by atoms with Gasteiger partial charge in [0.1, 0.15) is 5.75 Å². The number of amides is 1. The molecule has 41 heavy (non-hydrogen) atoms. The van der Waals surface area contributed by atoms with Crippen molar-refractivity contribution in [2.45, 2.75) is 52.2 Å². The highest BCUT2D eigenvalue weighted by atomic mass is 32.1. The third kappa shape index (κ3) is 6.24. The summed E-state index contributed by atoms with van der Waals surface area (Å²) in [7, 11) is 1.61. The normalized spacial score (nSPS) is 19.3. The zero-order valence-corrected chi connectivity index (χ0v) is 25.2. The highest BCUT2D eigenvalue weighted by Gasteiger charge is 2.42. The predicted octanol–water partition coefficient (Wildman–Crippen LogP) is 4.76. The van der Waals surface area contributed by atoms with Crippen molar-refractivity contribution in [3.8, 4) is 5.75 Å². The molecule has 2 aromatic heterocycles. The first-order valence-corrected chi connectivity index (χ1v) is 14.8. The van der Waals surface area contributed by atoms with E-state index in [0.717, 1.165) is 57.2 Å². The van der Waals surface area contributed by atoms with Crippen molar-refractivity contribution in [2.24, 2.45) is 0 Å². The summed E-state index contributed by atoms with van der Waals surface area (Å²) in [4.78, 5) is 21.4. The van der Waals surface area contributed by atoms with Crippen LogP contribution in [0.4, 0.5) is 11.4 Å². The minimum absolute atomic E-state index is 0.0661. The van der Waals surface area contributed by atoms with Gasteiger partial charge in [0.05, 0.1) is 43.8 Å². The minimum Gasteiger partial charge on any atom is -0.494 e. The number of aromatic nitrogens is 2. The smallest absolute Gasteiger partial charge is 0.224 e. The summed E-state index contributed by atoms with van der Waals surface area (Å²) < 4.78 is 13.6. The van der Waals surface area contributed by atoms with E-state index in [1.54, 1.807) is 7.11 Å². The van der Waals surface area contributed by atoms with Gasteiger partial charge in [0.25, 0.3) is 0 Å². The molecule has 2 fully saturated rings. The summed E-state index contributed by atoms with van der Waals surface area (Å²) in [5.74, 6) is 0.518. The first-order chi connectivity index (χ1) is 19.9. The van der Waals surface area contributed by atoms with E-state index in [1.165, 1.54) is 17.0 Å². The number of nitrogens with zero attached hydrogens (tertiary/aromatic N) is 4. The van der Waals surface area contributed by atoms with Gasteiger partial charge in [-0.2, -0.15) is 0 Å². The number of aryl methyl sites for hydroxylation is 1. The molecule has 3 aromatic rings. The van der Waals surface area contributed by atoms with Crippen LogP contribution in [0, 0.1) is 13.8 Å². The summed E-state index contributed by atoms with van der Waals surface area (Å²) in [5.41, 5.74) is 6.11. The van der Waals surface area contributed by atoms with Gasteiger partial charge in [-0.3, -0.25) is 14.7 Å². The molecule has 0 bridgehead atoms. The number of ether oxygens (including phenoxy) is 2. The van der Waals surface area contributed by atoms with E-state index >= 15 is 0 Å². The van der Waals surface area contributed by atoms with Gasteiger partial charge in [0.2, 0.25) is 5.91 Å². The number of thiocarbonyl (C=S) groups is 1. The summed E-state index contributed by atoms with van der Waals surface area (Å²) in [6, 6.07) is 13.8. The van der Waals surface area contributed by atoms with Crippen molar-refractivity contribution in [2.75, 3.05) is 50.2 Å². The zero-order valence-electron chi connectivity index (χ0n) is 24.4. The van der Waals surface area contributed by atoms with Gasteiger partial charge in [-0.05, 0) is 68.4 Å². The number of morpholine rings is 1. The first-order valence-electron chi connectivity index (χ1n) is 14.4. The first kappa shape index (κ1) is 29.0. The maximum Gasteiger partial charge on any atom is 0.224 e. The van der Waals surface area contributed by atoms with Crippen molar-refractivity contribution in [1.82, 2.24) is 19.8 Å². The lowest BCUT2D eigenvalue weighted by atomic mass is 9.96. The molecule has 0 saturated carbocycles. The van der Waals surface area contributed by atoms with Crippen LogP contribution in [0.3, 0.4) is 0 Å². The molecular formula is C31H40N6O3S. The molecule has 0 radical (unpaired) electrons. The molecule has 0 unspecified atom stereocenters. The number of carbonyl (C=O) groups is 1.